The maximum atomic E-state index is 14.7. The molecule has 6 rings (SSSR count). The third-order valence-corrected chi connectivity index (χ3v) is 10.9. The van der Waals surface area contributed by atoms with Gasteiger partial charge in [0.25, 0.3) is 5.91 Å². The first kappa shape index (κ1) is 42.9. The van der Waals surface area contributed by atoms with E-state index < -0.39 is 52.6 Å². The first-order chi connectivity index (χ1) is 27.9. The Labute approximate surface area is 343 Å². The fraction of sp³-hybridized carbons (Fsp3) is 0.425. The van der Waals surface area contributed by atoms with Crippen molar-refractivity contribution in [2.24, 2.45) is 0 Å². The van der Waals surface area contributed by atoms with Gasteiger partial charge in [0, 0.05) is 50.0 Å². The van der Waals surface area contributed by atoms with E-state index in [9.17, 15) is 36.7 Å². The van der Waals surface area contributed by atoms with Gasteiger partial charge in [0.1, 0.15) is 35.8 Å². The summed E-state index contributed by atoms with van der Waals surface area (Å²) >= 11 is 5.67. The minimum atomic E-state index is -4.87. The lowest BCUT2D eigenvalue weighted by Crippen LogP contribution is -2.54. The van der Waals surface area contributed by atoms with Gasteiger partial charge in [-0.3, -0.25) is 39.2 Å². The molecule has 0 saturated carbocycles. The Morgan fingerprint density at radius 2 is 1.88 bits per heavy atom. The number of nitrogens with zero attached hydrogens (tertiary/aromatic N) is 6. The number of piperazine rings is 1. The number of piperidine rings is 1. The second-order valence-corrected chi connectivity index (χ2v) is 15.4. The van der Waals surface area contributed by atoms with E-state index in [4.69, 9.17) is 22.2 Å². The first-order valence-electron chi connectivity index (χ1n) is 19.0. The van der Waals surface area contributed by atoms with Gasteiger partial charge in [0.2, 0.25) is 17.7 Å². The summed E-state index contributed by atoms with van der Waals surface area (Å²) in [6, 6.07) is 10.9. The number of hydrogen-bond acceptors (Lipinski definition) is 11. The van der Waals surface area contributed by atoms with Crippen molar-refractivity contribution >= 4 is 63.7 Å². The minimum Gasteiger partial charge on any atom is -0.492 e. The number of pyridine rings is 1. The first-order valence-corrected chi connectivity index (χ1v) is 19.4. The molecular weight excluding hydrogens is 795 g/mol. The molecule has 3 N–H and O–H groups in total. The number of aryl methyl sites for hydroxylation is 1. The molecule has 2 unspecified atom stereocenters. The van der Waals surface area contributed by atoms with Crippen LogP contribution in [-0.4, -0.2) is 100 Å². The largest absolute Gasteiger partial charge is 0.492 e. The molecule has 3 saturated heterocycles. The Kier molecular flexibility index (Phi) is 12.5. The van der Waals surface area contributed by atoms with Crippen LogP contribution in [0.25, 0.3) is 0 Å². The Hall–Kier alpha value is -5.71. The maximum absolute atomic E-state index is 14.7. The molecule has 59 heavy (non-hydrogen) atoms. The van der Waals surface area contributed by atoms with E-state index in [2.05, 4.69) is 25.8 Å². The van der Waals surface area contributed by atoms with Crippen molar-refractivity contribution in [3.8, 4) is 11.8 Å². The molecule has 4 amide bonds. The third kappa shape index (κ3) is 9.29. The molecule has 1 aromatic heterocycles. The van der Waals surface area contributed by atoms with Crippen LogP contribution in [0, 0.1) is 17.1 Å². The van der Waals surface area contributed by atoms with Crippen molar-refractivity contribution in [2.75, 3.05) is 59.8 Å². The number of amides is 4. The van der Waals surface area contributed by atoms with Crippen LogP contribution in [0.3, 0.4) is 0 Å². The molecule has 2 aromatic carbocycles. The van der Waals surface area contributed by atoms with E-state index in [-0.39, 0.29) is 41.4 Å². The summed E-state index contributed by atoms with van der Waals surface area (Å²) in [7, 11) is 0. The van der Waals surface area contributed by atoms with Gasteiger partial charge < -0.3 is 20.3 Å². The Morgan fingerprint density at radius 1 is 1.12 bits per heavy atom. The zero-order valence-electron chi connectivity index (χ0n) is 32.8. The SMILES string of the molecule is CCc1cc(N2C(=S)N(c3cnc(C#N)c(C(F)(F)F)c3)C(=O)C2(C)C)ccc1OCCN1CCN(CC(=O)Nc2cc(NC3CCC(=O)NC3=O)ccc2F)C(C)C1. The lowest BCUT2D eigenvalue weighted by molar-refractivity contribution is -0.138. The molecular formula is C40H43F4N9O5S. The summed E-state index contributed by atoms with van der Waals surface area (Å²) in [5, 5.41) is 17.0. The summed E-state index contributed by atoms with van der Waals surface area (Å²) in [4.78, 5) is 60.7. The molecule has 19 heteroatoms. The van der Waals surface area contributed by atoms with Gasteiger partial charge in [-0.05, 0) is 93.9 Å². The number of anilines is 4. The van der Waals surface area contributed by atoms with Crippen molar-refractivity contribution in [1.82, 2.24) is 20.1 Å². The monoisotopic (exact) mass is 837 g/mol. The summed E-state index contributed by atoms with van der Waals surface area (Å²) in [5.74, 6) is -1.76. The molecule has 14 nitrogen and oxygen atoms in total. The molecule has 312 valence electrons. The highest BCUT2D eigenvalue weighted by atomic mass is 32.1. The van der Waals surface area contributed by atoms with E-state index in [1.807, 2.05) is 24.8 Å². The number of nitrogens with one attached hydrogen (secondary N) is 3. The number of rotatable bonds is 12. The molecule has 0 spiro atoms. The van der Waals surface area contributed by atoms with E-state index in [1.165, 1.54) is 24.3 Å². The van der Waals surface area contributed by atoms with Crippen molar-refractivity contribution in [3.05, 3.63) is 71.3 Å². The van der Waals surface area contributed by atoms with E-state index in [1.54, 1.807) is 30.9 Å². The highest BCUT2D eigenvalue weighted by Crippen LogP contribution is 2.40. The van der Waals surface area contributed by atoms with Crippen LogP contribution in [0.4, 0.5) is 40.3 Å². The van der Waals surface area contributed by atoms with Crippen LogP contribution in [0.15, 0.2) is 48.7 Å². The molecule has 4 heterocycles. The number of halogens is 4. The lowest BCUT2D eigenvalue weighted by atomic mass is 10.0. The smallest absolute Gasteiger partial charge is 0.419 e. The average molecular weight is 838 g/mol. The van der Waals surface area contributed by atoms with Crippen LogP contribution >= 0.6 is 12.2 Å². The molecule has 3 aromatic rings. The number of aromatic nitrogens is 1. The van der Waals surface area contributed by atoms with Gasteiger partial charge in [-0.15, -0.1) is 0 Å². The third-order valence-electron chi connectivity index (χ3n) is 10.6. The molecule has 3 fully saturated rings. The van der Waals surface area contributed by atoms with Crippen molar-refractivity contribution in [1.29, 1.82) is 5.26 Å². The summed E-state index contributed by atoms with van der Waals surface area (Å²) in [6.07, 6.45) is -2.79. The number of alkyl halides is 3. The van der Waals surface area contributed by atoms with Crippen molar-refractivity contribution < 1.29 is 41.5 Å². The average Bonchev–Trinajstić information content (AvgIpc) is 3.36. The second-order valence-electron chi connectivity index (χ2n) is 15.0. The summed E-state index contributed by atoms with van der Waals surface area (Å²) in [5.41, 5.74) is -1.77. The fourth-order valence-corrected chi connectivity index (χ4v) is 7.89. The summed E-state index contributed by atoms with van der Waals surface area (Å²) < 4.78 is 62.1. The van der Waals surface area contributed by atoms with E-state index in [0.717, 1.165) is 16.7 Å². The predicted molar refractivity (Wildman–Crippen MR) is 214 cm³/mol. The molecule has 3 aliphatic heterocycles. The number of thiocarbonyl (C=S) groups is 1. The number of benzene rings is 2. The van der Waals surface area contributed by atoms with E-state index in [0.29, 0.717) is 68.8 Å². The van der Waals surface area contributed by atoms with Gasteiger partial charge in [-0.1, -0.05) is 6.92 Å². The topological polar surface area (TPSA) is 163 Å². The van der Waals surface area contributed by atoms with Crippen LogP contribution in [-0.2, 0) is 31.8 Å². The minimum absolute atomic E-state index is 0.000373. The van der Waals surface area contributed by atoms with Crippen LogP contribution in [0.1, 0.15) is 57.4 Å². The Balaban J connectivity index is 1.02. The Bertz CT molecular complexity index is 2210. The molecule has 0 radical (unpaired) electrons. The quantitative estimate of drug-likeness (QED) is 0.130. The van der Waals surface area contributed by atoms with Crippen LogP contribution in [0.5, 0.6) is 5.75 Å². The lowest BCUT2D eigenvalue weighted by Gasteiger charge is -2.39. The number of hydrogen-bond donors (Lipinski definition) is 3. The standard InChI is InChI=1S/C40H43F4N9O5S/c1-5-24-16-26(53-38(59)52(37(57)39(53,3)4)27-18-28(40(42,43)44)32(19-45)46-20-27)7-10-33(24)58-15-14-50-12-13-51(23(2)21-50)22-35(55)48-31-17-25(6-8-29(31)41)47-30-9-11-34(54)49-36(30)56/h6-8,10,16-18,20,23,30,47H,5,9,11-15,21-22H2,1-4H3,(H,48,55)(H,49,54,56). The number of carbonyl (C=O) groups is 4. The molecule has 3 aliphatic rings. The second kappa shape index (κ2) is 17.3. The van der Waals surface area contributed by atoms with Gasteiger partial charge in [-0.25, -0.2) is 9.37 Å². The normalized spacial score (nSPS) is 20.1. The van der Waals surface area contributed by atoms with Crippen molar-refractivity contribution in [2.45, 2.75) is 70.8 Å². The number of imide groups is 1. The molecule has 0 aliphatic carbocycles. The number of ether oxygens (including phenoxy) is 1. The fourth-order valence-electron chi connectivity index (χ4n) is 7.37. The summed E-state index contributed by atoms with van der Waals surface area (Å²) in [6.45, 7) is 10.1. The van der Waals surface area contributed by atoms with Crippen LogP contribution < -0.4 is 30.5 Å². The van der Waals surface area contributed by atoms with Crippen LogP contribution in [0.2, 0.25) is 0 Å². The Morgan fingerprint density at radius 3 is 2.56 bits per heavy atom. The zero-order valence-corrected chi connectivity index (χ0v) is 33.6. The van der Waals surface area contributed by atoms with Crippen molar-refractivity contribution in [3.63, 3.8) is 0 Å². The molecule has 0 bridgehead atoms. The van der Waals surface area contributed by atoms with Gasteiger partial charge in [-0.2, -0.15) is 18.4 Å². The maximum Gasteiger partial charge on any atom is 0.419 e. The highest BCUT2D eigenvalue weighted by molar-refractivity contribution is 7.81. The highest BCUT2D eigenvalue weighted by Gasteiger charge is 2.51. The number of nitriles is 1. The van der Waals surface area contributed by atoms with E-state index >= 15 is 0 Å². The predicted octanol–water partition coefficient (Wildman–Crippen LogP) is 4.83. The van der Waals surface area contributed by atoms with Gasteiger partial charge in [0.15, 0.2) is 10.8 Å². The molecule has 2 atom stereocenters. The zero-order chi connectivity index (χ0) is 42.8. The van der Waals surface area contributed by atoms with Gasteiger partial charge in [0.05, 0.1) is 29.7 Å². The van der Waals surface area contributed by atoms with Gasteiger partial charge >= 0.3 is 6.18 Å². The number of carbonyl (C=O) groups excluding carboxylic acids is 4.